The minimum atomic E-state index is -0.955. The normalized spacial score (nSPS) is 27.2. The molecule has 5 saturated heterocycles. The molecule has 52 heavy (non-hydrogen) atoms. The molecule has 270 valence electrons. The smallest absolute Gasteiger partial charge is 0.319 e. The molecule has 4 aromatic rings. The zero-order valence-electron chi connectivity index (χ0n) is 28.8. The summed E-state index contributed by atoms with van der Waals surface area (Å²) in [6.45, 7) is 4.14. The molecule has 0 spiro atoms. The number of nitrogen functional groups attached to an aromatic ring is 1. The van der Waals surface area contributed by atoms with Gasteiger partial charge in [-0.1, -0.05) is 12.0 Å². The van der Waals surface area contributed by atoms with Crippen LogP contribution in [0.15, 0.2) is 42.2 Å². The molecule has 0 aliphatic carbocycles. The van der Waals surface area contributed by atoms with Crippen molar-refractivity contribution in [1.29, 1.82) is 0 Å². The third-order valence-corrected chi connectivity index (χ3v) is 12.3. The van der Waals surface area contributed by atoms with Gasteiger partial charge in [0.2, 0.25) is 0 Å². The van der Waals surface area contributed by atoms with Crippen LogP contribution in [0.3, 0.4) is 0 Å². The van der Waals surface area contributed by atoms with Crippen molar-refractivity contribution in [3.05, 3.63) is 65.2 Å². The van der Waals surface area contributed by atoms with Gasteiger partial charge in [-0.15, -0.1) is 6.42 Å². The van der Waals surface area contributed by atoms with Crippen LogP contribution in [-0.2, 0) is 4.74 Å². The number of halogens is 4. The van der Waals surface area contributed by atoms with E-state index < -0.39 is 28.6 Å². The van der Waals surface area contributed by atoms with Crippen LogP contribution in [0.2, 0.25) is 0 Å². The molecule has 3 atom stereocenters. The van der Waals surface area contributed by atoms with Crippen LogP contribution in [0, 0.1) is 35.7 Å². The summed E-state index contributed by atoms with van der Waals surface area (Å²) in [6, 6.07) is 7.08. The van der Waals surface area contributed by atoms with E-state index in [-0.39, 0.29) is 57.3 Å². The number of aromatic nitrogens is 2. The average molecular weight is 713 g/mol. The summed E-state index contributed by atoms with van der Waals surface area (Å²) >= 11 is 0. The molecule has 3 N–H and O–H groups in total. The highest BCUT2D eigenvalue weighted by Crippen LogP contribution is 2.46. The second-order valence-electron chi connectivity index (χ2n) is 15.3. The number of fused-ring (bicyclic) bond motifs is 5. The molecule has 2 bridgehead atoms. The second-order valence-corrected chi connectivity index (χ2v) is 15.3. The lowest BCUT2D eigenvalue weighted by molar-refractivity contribution is 0.0308. The number of piperazine rings is 1. The van der Waals surface area contributed by atoms with E-state index >= 15 is 13.2 Å². The molecule has 8 nitrogen and oxygen atoms in total. The summed E-state index contributed by atoms with van der Waals surface area (Å²) in [5, 5.41) is 4.73. The highest BCUT2D eigenvalue weighted by molar-refractivity contribution is 6.05. The first-order valence-corrected chi connectivity index (χ1v) is 18.2. The van der Waals surface area contributed by atoms with E-state index in [2.05, 4.69) is 26.0 Å². The lowest BCUT2D eigenvalue weighted by atomic mass is 9.77. The monoisotopic (exact) mass is 712 g/mol. The number of hydrogen-bond donors (Lipinski definition) is 2. The number of anilines is 2. The molecule has 0 unspecified atom stereocenters. The van der Waals surface area contributed by atoms with Crippen molar-refractivity contribution in [2.45, 2.75) is 62.1 Å². The second kappa shape index (κ2) is 12.6. The third kappa shape index (κ3) is 5.31. The van der Waals surface area contributed by atoms with Crippen LogP contribution in [0.25, 0.3) is 32.8 Å². The summed E-state index contributed by atoms with van der Waals surface area (Å²) in [6.07, 6.45) is 12.5. The number of nitrogens with two attached hydrogens (primary N) is 1. The van der Waals surface area contributed by atoms with E-state index in [4.69, 9.17) is 26.6 Å². The van der Waals surface area contributed by atoms with Crippen LogP contribution in [0.5, 0.6) is 6.01 Å². The standard InChI is InChI=1S/C40H40F4N6O2/c1-2-28-31(42)5-4-24-14-26(45)15-29(33(24)28)34-32(43)16-30-36(35(34)44)46-38(52-22-39-9-3-11-50(39)19-23(17-39)18-41)47-37(30)49-20-27-6-10-40(21-49,48-27)25-7-12-51-13-8-25/h1,4-5,14-16,18,25,27,48H,3,6-13,17,19-22,45H2/b23-18-/t27-,39-,40+/m0/s1. The highest BCUT2D eigenvalue weighted by Gasteiger charge is 2.50. The molecule has 0 saturated carbocycles. The van der Waals surface area contributed by atoms with Gasteiger partial charge in [-0.2, -0.15) is 9.97 Å². The zero-order valence-corrected chi connectivity index (χ0v) is 28.8. The topological polar surface area (TPSA) is 88.8 Å². The maximum atomic E-state index is 17.2. The van der Waals surface area contributed by atoms with Crippen LogP contribution < -0.4 is 20.7 Å². The van der Waals surface area contributed by atoms with Crippen LogP contribution >= 0.6 is 0 Å². The van der Waals surface area contributed by atoms with Gasteiger partial charge < -0.3 is 25.4 Å². The van der Waals surface area contributed by atoms with Gasteiger partial charge >= 0.3 is 6.01 Å². The fourth-order valence-electron chi connectivity index (χ4n) is 9.94. The predicted octanol–water partition coefficient (Wildman–Crippen LogP) is 6.64. The summed E-state index contributed by atoms with van der Waals surface area (Å²) in [5.74, 6) is 0.610. The Labute approximate surface area is 299 Å². The first-order chi connectivity index (χ1) is 25.2. The number of ether oxygens (including phenoxy) is 2. The van der Waals surface area contributed by atoms with Crippen molar-refractivity contribution in [3.63, 3.8) is 0 Å². The number of nitrogens with one attached hydrogen (secondary N) is 1. The minimum absolute atomic E-state index is 0.0256. The molecule has 3 aromatic carbocycles. The maximum absolute atomic E-state index is 17.2. The van der Waals surface area contributed by atoms with E-state index in [1.54, 1.807) is 6.07 Å². The van der Waals surface area contributed by atoms with Crippen molar-refractivity contribution >= 4 is 33.2 Å². The minimum Gasteiger partial charge on any atom is -0.461 e. The van der Waals surface area contributed by atoms with E-state index in [1.165, 1.54) is 24.3 Å². The number of terminal acetylenes is 1. The first-order valence-electron chi connectivity index (χ1n) is 18.2. The Morgan fingerprint density at radius 3 is 2.75 bits per heavy atom. The van der Waals surface area contributed by atoms with E-state index in [9.17, 15) is 4.39 Å². The Bertz CT molecular complexity index is 2180. The van der Waals surface area contributed by atoms with Crippen LogP contribution in [0.4, 0.5) is 29.1 Å². The van der Waals surface area contributed by atoms with Gasteiger partial charge in [0.25, 0.3) is 0 Å². The largest absolute Gasteiger partial charge is 0.461 e. The van der Waals surface area contributed by atoms with E-state index in [1.807, 2.05) is 0 Å². The Morgan fingerprint density at radius 1 is 1.10 bits per heavy atom. The molecular formula is C40H40F4N6O2. The highest BCUT2D eigenvalue weighted by atomic mass is 19.1. The molecule has 0 amide bonds. The van der Waals surface area contributed by atoms with E-state index in [0.717, 1.165) is 45.1 Å². The van der Waals surface area contributed by atoms with Crippen LogP contribution in [-0.4, -0.2) is 78.0 Å². The fourth-order valence-corrected chi connectivity index (χ4v) is 9.94. The fraction of sp³-hybridized carbons (Fsp3) is 0.450. The van der Waals surface area contributed by atoms with Gasteiger partial charge in [0.15, 0.2) is 5.82 Å². The first kappa shape index (κ1) is 33.4. The molecule has 0 radical (unpaired) electrons. The quantitative estimate of drug-likeness (QED) is 0.131. The van der Waals surface area contributed by atoms with Crippen molar-refractivity contribution in [3.8, 4) is 29.5 Å². The average Bonchev–Trinajstić information content (AvgIpc) is 3.81. The van der Waals surface area contributed by atoms with Gasteiger partial charge in [0.1, 0.15) is 29.6 Å². The number of benzene rings is 3. The molecule has 5 fully saturated rings. The number of hydrogen-bond acceptors (Lipinski definition) is 8. The van der Waals surface area contributed by atoms with Gasteiger partial charge in [-0.3, -0.25) is 4.90 Å². The molecule has 1 aromatic heterocycles. The van der Waals surface area contributed by atoms with Crippen molar-refractivity contribution in [2.24, 2.45) is 5.92 Å². The molecule has 5 aliphatic heterocycles. The maximum Gasteiger partial charge on any atom is 0.319 e. The van der Waals surface area contributed by atoms with Gasteiger partial charge in [-0.25, -0.2) is 17.6 Å². The molecule has 9 rings (SSSR count). The lowest BCUT2D eigenvalue weighted by Crippen LogP contribution is -2.63. The van der Waals surface area contributed by atoms with Crippen LogP contribution in [0.1, 0.15) is 50.5 Å². The number of nitrogens with zero attached hydrogens (tertiary/aromatic N) is 4. The Hall–Kier alpha value is -4.44. The van der Waals surface area contributed by atoms with Gasteiger partial charge in [0, 0.05) is 60.9 Å². The SMILES string of the molecule is C#Cc1c(F)ccc2cc(N)cc(-c3c(F)cc4c(N5C[C@@H]6CC[C@](C7CCOCC7)(C5)N6)nc(OC[C@@]56CCCN5C/C(=C\F)C6)nc4c3F)c12. The summed E-state index contributed by atoms with van der Waals surface area (Å²) in [4.78, 5) is 13.9. The third-order valence-electron chi connectivity index (χ3n) is 12.3. The lowest BCUT2D eigenvalue weighted by Gasteiger charge is -2.47. The molecule has 6 heterocycles. The van der Waals surface area contributed by atoms with Crippen molar-refractivity contribution in [1.82, 2.24) is 20.2 Å². The Morgan fingerprint density at radius 2 is 1.94 bits per heavy atom. The predicted molar refractivity (Wildman–Crippen MR) is 192 cm³/mol. The molecular weight excluding hydrogens is 672 g/mol. The zero-order chi connectivity index (χ0) is 35.8. The van der Waals surface area contributed by atoms with Gasteiger partial charge in [-0.05, 0) is 98.2 Å². The summed E-state index contributed by atoms with van der Waals surface area (Å²) < 4.78 is 74.6. The summed E-state index contributed by atoms with van der Waals surface area (Å²) in [7, 11) is 0. The van der Waals surface area contributed by atoms with Gasteiger partial charge in [0.05, 0.1) is 23.0 Å². The summed E-state index contributed by atoms with van der Waals surface area (Å²) in [5.41, 5.74) is 5.92. The Balaban J connectivity index is 1.20. The van der Waals surface area contributed by atoms with E-state index in [0.29, 0.717) is 68.3 Å². The van der Waals surface area contributed by atoms with Crippen molar-refractivity contribution in [2.75, 3.05) is 56.6 Å². The molecule has 5 aliphatic rings. The Kier molecular flexibility index (Phi) is 8.10. The molecule has 12 heteroatoms. The number of rotatable bonds is 6. The van der Waals surface area contributed by atoms with Crippen molar-refractivity contribution < 1.29 is 27.0 Å².